The highest BCUT2D eigenvalue weighted by Gasteiger charge is 2.36. The molecule has 0 radical (unpaired) electrons. The van der Waals surface area contributed by atoms with E-state index in [-0.39, 0.29) is 23.1 Å². The van der Waals surface area contributed by atoms with E-state index in [4.69, 9.17) is 4.52 Å². The normalized spacial score (nSPS) is 18.2. The van der Waals surface area contributed by atoms with Gasteiger partial charge in [0.15, 0.2) is 5.76 Å². The van der Waals surface area contributed by atoms with Gasteiger partial charge in [-0.05, 0) is 58.5 Å². The molecule has 2 aromatic rings. The first-order valence-electron chi connectivity index (χ1n) is 9.66. The molecule has 1 amide bonds. The molecular formula is C20H28N4O4S. The number of rotatable bonds is 6. The van der Waals surface area contributed by atoms with E-state index in [2.05, 4.69) is 15.4 Å². The van der Waals surface area contributed by atoms with Gasteiger partial charge in [0.2, 0.25) is 15.9 Å². The Morgan fingerprint density at radius 2 is 2.10 bits per heavy atom. The Balaban J connectivity index is 1.71. The van der Waals surface area contributed by atoms with Gasteiger partial charge in [0.05, 0.1) is 5.92 Å². The van der Waals surface area contributed by atoms with Crippen molar-refractivity contribution in [1.82, 2.24) is 14.4 Å². The maximum Gasteiger partial charge on any atom is 0.248 e. The smallest absolute Gasteiger partial charge is 0.248 e. The van der Waals surface area contributed by atoms with Crippen LogP contribution in [0.3, 0.4) is 0 Å². The first-order chi connectivity index (χ1) is 13.7. The van der Waals surface area contributed by atoms with Gasteiger partial charge in [-0.2, -0.15) is 4.31 Å². The van der Waals surface area contributed by atoms with Gasteiger partial charge in [0.25, 0.3) is 0 Å². The van der Waals surface area contributed by atoms with Crippen LogP contribution in [0.4, 0.5) is 5.69 Å². The summed E-state index contributed by atoms with van der Waals surface area (Å²) in [6, 6.07) is 7.70. The van der Waals surface area contributed by atoms with Crippen LogP contribution < -0.4 is 5.32 Å². The summed E-state index contributed by atoms with van der Waals surface area (Å²) in [5.74, 6) is -0.297. The Bertz CT molecular complexity index is 965. The summed E-state index contributed by atoms with van der Waals surface area (Å²) < 4.78 is 32.5. The maximum atomic E-state index is 13.1. The molecule has 1 saturated heterocycles. The third-order valence-corrected chi connectivity index (χ3v) is 7.12. The maximum absolute atomic E-state index is 13.1. The number of carbonyl (C=O) groups is 1. The Labute approximate surface area is 171 Å². The highest BCUT2D eigenvalue weighted by Crippen LogP contribution is 2.28. The number of carbonyl (C=O) groups excluding carboxylic acids is 1. The molecule has 1 fully saturated rings. The lowest BCUT2D eigenvalue weighted by Gasteiger charge is -2.31. The molecular weight excluding hydrogens is 392 g/mol. The lowest BCUT2D eigenvalue weighted by atomic mass is 9.98. The van der Waals surface area contributed by atoms with Crippen molar-refractivity contribution in [2.75, 3.05) is 32.5 Å². The van der Waals surface area contributed by atoms with Crippen LogP contribution >= 0.6 is 0 Å². The number of piperidine rings is 1. The average molecular weight is 421 g/mol. The van der Waals surface area contributed by atoms with E-state index in [1.807, 2.05) is 38.4 Å². The Hall–Kier alpha value is -2.23. The zero-order chi connectivity index (χ0) is 21.2. The lowest BCUT2D eigenvalue weighted by molar-refractivity contribution is -0.120. The van der Waals surface area contributed by atoms with Gasteiger partial charge in [-0.1, -0.05) is 17.3 Å². The van der Waals surface area contributed by atoms with Gasteiger partial charge in [-0.25, -0.2) is 8.42 Å². The molecule has 1 aliphatic heterocycles. The molecule has 0 aliphatic carbocycles. The van der Waals surface area contributed by atoms with Gasteiger partial charge < -0.3 is 14.7 Å². The molecule has 2 heterocycles. The summed E-state index contributed by atoms with van der Waals surface area (Å²) in [6.45, 7) is 4.50. The van der Waals surface area contributed by atoms with Crippen LogP contribution in [0.15, 0.2) is 33.7 Å². The van der Waals surface area contributed by atoms with Gasteiger partial charge in [0.1, 0.15) is 10.6 Å². The monoisotopic (exact) mass is 420 g/mol. The summed E-state index contributed by atoms with van der Waals surface area (Å²) in [5, 5.41) is 6.70. The van der Waals surface area contributed by atoms with E-state index >= 15 is 0 Å². The molecule has 1 aliphatic rings. The molecule has 0 saturated carbocycles. The second-order valence-electron chi connectivity index (χ2n) is 7.78. The molecule has 0 spiro atoms. The molecule has 1 N–H and O–H groups in total. The van der Waals surface area contributed by atoms with E-state index in [9.17, 15) is 13.2 Å². The van der Waals surface area contributed by atoms with E-state index in [0.717, 1.165) is 17.8 Å². The molecule has 1 aromatic heterocycles. The third kappa shape index (κ3) is 4.85. The van der Waals surface area contributed by atoms with Crippen molar-refractivity contribution in [1.29, 1.82) is 0 Å². The molecule has 158 valence electrons. The van der Waals surface area contributed by atoms with Gasteiger partial charge >= 0.3 is 0 Å². The Kier molecular flexibility index (Phi) is 6.40. The number of amides is 1. The minimum atomic E-state index is -3.75. The van der Waals surface area contributed by atoms with E-state index < -0.39 is 15.9 Å². The van der Waals surface area contributed by atoms with E-state index in [1.54, 1.807) is 13.8 Å². The quantitative estimate of drug-likeness (QED) is 0.771. The molecule has 1 aromatic carbocycles. The number of benzene rings is 1. The summed E-state index contributed by atoms with van der Waals surface area (Å²) in [5.41, 5.74) is 2.16. The van der Waals surface area contributed by atoms with Crippen molar-refractivity contribution in [2.45, 2.75) is 38.1 Å². The molecule has 1 atom stereocenters. The van der Waals surface area contributed by atoms with Crippen molar-refractivity contribution in [3.05, 3.63) is 41.3 Å². The van der Waals surface area contributed by atoms with Crippen LogP contribution in [0.25, 0.3) is 0 Å². The van der Waals surface area contributed by atoms with Crippen LogP contribution in [0.1, 0.15) is 29.9 Å². The van der Waals surface area contributed by atoms with Crippen LogP contribution in [0.2, 0.25) is 0 Å². The molecule has 3 rings (SSSR count). The van der Waals surface area contributed by atoms with Crippen LogP contribution in [0, 0.1) is 19.8 Å². The summed E-state index contributed by atoms with van der Waals surface area (Å²) in [6.07, 6.45) is 1.28. The highest BCUT2D eigenvalue weighted by molar-refractivity contribution is 7.89. The zero-order valence-corrected chi connectivity index (χ0v) is 18.1. The number of aryl methyl sites for hydroxylation is 2. The van der Waals surface area contributed by atoms with E-state index in [1.165, 1.54) is 4.31 Å². The van der Waals surface area contributed by atoms with Crippen molar-refractivity contribution in [2.24, 2.45) is 5.92 Å². The molecule has 29 heavy (non-hydrogen) atoms. The standard InChI is InChI=1S/C20H28N4O4S/c1-14-19(15(2)28-22-14)29(26,27)24-10-6-8-17(13-24)20(25)21-18-9-5-7-16(11-18)12-23(3)4/h5,7,9,11,17H,6,8,10,12-13H2,1-4H3,(H,21,25). The predicted octanol–water partition coefficient (Wildman–Crippen LogP) is 2.39. The number of sulfonamides is 1. The van der Waals surface area contributed by atoms with Crippen LogP contribution in [-0.4, -0.2) is 55.9 Å². The number of nitrogens with zero attached hydrogens (tertiary/aromatic N) is 3. The van der Waals surface area contributed by atoms with Gasteiger partial charge in [0, 0.05) is 25.3 Å². The Morgan fingerprint density at radius 3 is 2.76 bits per heavy atom. The van der Waals surface area contributed by atoms with Crippen molar-refractivity contribution >= 4 is 21.6 Å². The minimum absolute atomic E-state index is 0.106. The van der Waals surface area contributed by atoms with Crippen LogP contribution in [0.5, 0.6) is 0 Å². The zero-order valence-electron chi connectivity index (χ0n) is 17.3. The predicted molar refractivity (Wildman–Crippen MR) is 110 cm³/mol. The third-order valence-electron chi connectivity index (χ3n) is 5.01. The molecule has 9 heteroatoms. The number of hydrogen-bond acceptors (Lipinski definition) is 6. The fraction of sp³-hybridized carbons (Fsp3) is 0.500. The molecule has 0 bridgehead atoms. The average Bonchev–Trinajstić information content (AvgIpc) is 3.00. The second kappa shape index (κ2) is 8.64. The molecule has 1 unspecified atom stereocenters. The fourth-order valence-corrected chi connectivity index (χ4v) is 5.52. The lowest BCUT2D eigenvalue weighted by Crippen LogP contribution is -2.43. The van der Waals surface area contributed by atoms with Crippen molar-refractivity contribution in [3.8, 4) is 0 Å². The minimum Gasteiger partial charge on any atom is -0.360 e. The van der Waals surface area contributed by atoms with E-state index in [0.29, 0.717) is 25.1 Å². The Morgan fingerprint density at radius 1 is 1.34 bits per heavy atom. The highest BCUT2D eigenvalue weighted by atomic mass is 32.2. The molecule has 8 nitrogen and oxygen atoms in total. The first kappa shape index (κ1) is 21.5. The largest absolute Gasteiger partial charge is 0.360 e. The van der Waals surface area contributed by atoms with Crippen molar-refractivity contribution in [3.63, 3.8) is 0 Å². The second-order valence-corrected chi connectivity index (χ2v) is 9.66. The number of aromatic nitrogens is 1. The number of nitrogens with one attached hydrogen (secondary N) is 1. The number of hydrogen-bond donors (Lipinski definition) is 1. The fourth-order valence-electron chi connectivity index (χ4n) is 3.70. The first-order valence-corrected chi connectivity index (χ1v) is 11.1. The number of anilines is 1. The van der Waals surface area contributed by atoms with Gasteiger partial charge in [-0.3, -0.25) is 4.79 Å². The SMILES string of the molecule is Cc1noc(C)c1S(=O)(=O)N1CCCC(C(=O)Nc2cccc(CN(C)C)c2)C1. The van der Waals surface area contributed by atoms with Gasteiger partial charge in [-0.15, -0.1) is 0 Å². The van der Waals surface area contributed by atoms with Crippen LogP contribution in [-0.2, 0) is 21.4 Å². The summed E-state index contributed by atoms with van der Waals surface area (Å²) >= 11 is 0. The summed E-state index contributed by atoms with van der Waals surface area (Å²) in [4.78, 5) is 15.0. The topological polar surface area (TPSA) is 95.8 Å². The van der Waals surface area contributed by atoms with Crippen molar-refractivity contribution < 1.29 is 17.7 Å². The summed E-state index contributed by atoms with van der Waals surface area (Å²) in [7, 11) is 0.227.